The first-order chi connectivity index (χ1) is 20.8. The summed E-state index contributed by atoms with van der Waals surface area (Å²) in [5.74, 6) is 7.68. The molecular formula is C41H45NO. The van der Waals surface area contributed by atoms with Crippen LogP contribution in [0, 0.1) is 17.3 Å². The molecule has 0 aromatic heterocycles. The number of allylic oxidation sites excluding steroid dienone is 4. The molecule has 1 saturated carbocycles. The van der Waals surface area contributed by atoms with Crippen molar-refractivity contribution < 1.29 is 5.11 Å². The molecule has 6 rings (SSSR count). The van der Waals surface area contributed by atoms with Crippen molar-refractivity contribution in [2.45, 2.75) is 96.4 Å². The largest absolute Gasteiger partial charge is 0.507 e. The molecule has 3 aromatic rings. The number of phenols is 1. The minimum atomic E-state index is -0.196. The maximum absolute atomic E-state index is 11.2. The van der Waals surface area contributed by atoms with Crippen molar-refractivity contribution in [3.05, 3.63) is 112 Å². The lowest BCUT2D eigenvalue weighted by Crippen LogP contribution is -2.27. The number of nitrogens with zero attached hydrogens (tertiary/aromatic N) is 1. The smallest absolute Gasteiger partial charge is 0.128 e. The zero-order valence-corrected chi connectivity index (χ0v) is 26.3. The Morgan fingerprint density at radius 3 is 2.21 bits per heavy atom. The third-order valence-electron chi connectivity index (χ3n) is 9.85. The van der Waals surface area contributed by atoms with Crippen LogP contribution in [0.5, 0.6) is 5.75 Å². The van der Waals surface area contributed by atoms with Gasteiger partial charge >= 0.3 is 0 Å². The molecule has 3 aliphatic carbocycles. The summed E-state index contributed by atoms with van der Waals surface area (Å²) in [5, 5.41) is 11.2. The van der Waals surface area contributed by atoms with Crippen LogP contribution in [0.1, 0.15) is 113 Å². The highest BCUT2D eigenvalue weighted by atomic mass is 16.3. The lowest BCUT2D eigenvalue weighted by molar-refractivity contribution is 0.335. The van der Waals surface area contributed by atoms with Crippen LogP contribution in [0.3, 0.4) is 0 Å². The highest BCUT2D eigenvalue weighted by molar-refractivity contribution is 5.85. The van der Waals surface area contributed by atoms with E-state index < -0.39 is 0 Å². The summed E-state index contributed by atoms with van der Waals surface area (Å²) in [4.78, 5) is 4.89. The van der Waals surface area contributed by atoms with E-state index in [1.807, 2.05) is 12.3 Å². The summed E-state index contributed by atoms with van der Waals surface area (Å²) in [6.07, 6.45) is 17.8. The molecule has 1 fully saturated rings. The predicted octanol–water partition coefficient (Wildman–Crippen LogP) is 10.3. The maximum atomic E-state index is 11.2. The molecule has 1 N–H and O–H groups in total. The number of phenolic OH excluding ortho intramolecular Hbond substituents is 1. The van der Waals surface area contributed by atoms with Crippen molar-refractivity contribution in [1.29, 1.82) is 0 Å². The number of hydrogen-bond donors (Lipinski definition) is 1. The van der Waals surface area contributed by atoms with Crippen LogP contribution < -0.4 is 0 Å². The van der Waals surface area contributed by atoms with Crippen LogP contribution in [0.15, 0.2) is 89.5 Å². The second-order valence-electron chi connectivity index (χ2n) is 13.9. The molecule has 0 amide bonds. The first-order valence-electron chi connectivity index (χ1n) is 16.2. The second kappa shape index (κ2) is 12.0. The molecule has 2 heteroatoms. The summed E-state index contributed by atoms with van der Waals surface area (Å²) in [7, 11) is 0. The number of aliphatic imine (C=N–C) groups is 1. The molecule has 0 spiro atoms. The van der Waals surface area contributed by atoms with E-state index in [-0.39, 0.29) is 10.8 Å². The van der Waals surface area contributed by atoms with Crippen molar-refractivity contribution in [1.82, 2.24) is 0 Å². The van der Waals surface area contributed by atoms with E-state index in [2.05, 4.69) is 112 Å². The summed E-state index contributed by atoms with van der Waals surface area (Å²) in [6.45, 7) is 8.88. The minimum absolute atomic E-state index is 0.0757. The lowest BCUT2D eigenvalue weighted by atomic mass is 9.65. The minimum Gasteiger partial charge on any atom is -0.507 e. The van der Waals surface area contributed by atoms with Crippen LogP contribution in [0.2, 0.25) is 0 Å². The molecule has 43 heavy (non-hydrogen) atoms. The van der Waals surface area contributed by atoms with Gasteiger partial charge in [0.05, 0.1) is 0 Å². The van der Waals surface area contributed by atoms with Gasteiger partial charge in [0.25, 0.3) is 0 Å². The Labute approximate surface area is 258 Å². The topological polar surface area (TPSA) is 32.6 Å². The SMILES string of the molecule is CC(C)(C)c1cc(C#CCCC(C)(C2=CCC=C2)C2c3ccccc3-c3ccccc32)cc(C=NC2CCCCC2)c1O. The van der Waals surface area contributed by atoms with E-state index in [1.165, 1.54) is 47.1 Å². The standard InChI is InChI=1S/C41H45NO/c1-40(2,3)37-27-29(26-30(39(37)43)28-42-32-19-6-5-7-20-32)16-14-15-25-41(4,31-17-8-9-18-31)38-35-23-12-10-21-33(35)34-22-11-13-24-36(34)38/h8,10-13,17-18,21-24,26-28,32,38,43H,5-7,9,15,19-20,25H2,1-4H3. The van der Waals surface area contributed by atoms with E-state index in [1.54, 1.807) is 0 Å². The zero-order valence-electron chi connectivity index (χ0n) is 26.3. The lowest BCUT2D eigenvalue weighted by Gasteiger charge is -2.38. The zero-order chi connectivity index (χ0) is 30.0. The van der Waals surface area contributed by atoms with Crippen LogP contribution in [-0.4, -0.2) is 17.4 Å². The van der Waals surface area contributed by atoms with Gasteiger partial charge in [0.1, 0.15) is 5.75 Å². The third-order valence-corrected chi connectivity index (χ3v) is 9.85. The molecule has 0 heterocycles. The summed E-state index contributed by atoms with van der Waals surface area (Å²) < 4.78 is 0. The third kappa shape index (κ3) is 5.88. The van der Waals surface area contributed by atoms with Crippen LogP contribution in [-0.2, 0) is 5.41 Å². The van der Waals surface area contributed by atoms with Gasteiger partial charge in [-0.1, -0.05) is 126 Å². The van der Waals surface area contributed by atoms with Crippen molar-refractivity contribution in [2.24, 2.45) is 10.4 Å². The van der Waals surface area contributed by atoms with Crippen molar-refractivity contribution >= 4 is 6.21 Å². The van der Waals surface area contributed by atoms with E-state index >= 15 is 0 Å². The molecule has 220 valence electrons. The van der Waals surface area contributed by atoms with Crippen molar-refractivity contribution in [2.75, 3.05) is 0 Å². The Hall–Kier alpha value is -3.83. The van der Waals surface area contributed by atoms with Crippen LogP contribution >= 0.6 is 0 Å². The van der Waals surface area contributed by atoms with Crippen molar-refractivity contribution in [3.8, 4) is 28.7 Å². The second-order valence-corrected chi connectivity index (χ2v) is 13.9. The predicted molar refractivity (Wildman–Crippen MR) is 181 cm³/mol. The molecule has 2 nitrogen and oxygen atoms in total. The molecular weight excluding hydrogens is 522 g/mol. The van der Waals surface area contributed by atoms with Crippen molar-refractivity contribution in [3.63, 3.8) is 0 Å². The number of aromatic hydroxyl groups is 1. The summed E-state index contributed by atoms with van der Waals surface area (Å²) in [5.41, 5.74) is 9.39. The molecule has 0 bridgehead atoms. The average Bonchev–Trinajstić information content (AvgIpc) is 3.67. The van der Waals surface area contributed by atoms with Gasteiger partial charge in [0, 0.05) is 46.7 Å². The van der Waals surface area contributed by atoms with Gasteiger partial charge in [-0.2, -0.15) is 0 Å². The maximum Gasteiger partial charge on any atom is 0.128 e. The Kier molecular flexibility index (Phi) is 8.19. The van der Waals surface area contributed by atoms with Crippen LogP contribution in [0.25, 0.3) is 11.1 Å². The highest BCUT2D eigenvalue weighted by Crippen LogP contribution is 2.57. The van der Waals surface area contributed by atoms with Crippen LogP contribution in [0.4, 0.5) is 0 Å². The molecule has 1 atom stereocenters. The Morgan fingerprint density at radius 2 is 1.58 bits per heavy atom. The fraction of sp³-hybridized carbons (Fsp3) is 0.390. The molecule has 3 aliphatic rings. The monoisotopic (exact) mass is 567 g/mol. The molecule has 0 saturated heterocycles. The van der Waals surface area contributed by atoms with Gasteiger partial charge in [-0.15, -0.1) is 0 Å². The van der Waals surface area contributed by atoms with Gasteiger partial charge in [0.15, 0.2) is 0 Å². The molecule has 0 radical (unpaired) electrons. The van der Waals surface area contributed by atoms with Gasteiger partial charge in [0.2, 0.25) is 0 Å². The normalized spacial score (nSPS) is 18.2. The molecule has 0 aliphatic heterocycles. The van der Waals surface area contributed by atoms with E-state index in [9.17, 15) is 5.11 Å². The van der Waals surface area contributed by atoms with Gasteiger partial charge in [-0.05, 0) is 71.1 Å². The van der Waals surface area contributed by atoms with Gasteiger partial charge in [-0.3, -0.25) is 4.99 Å². The quantitative estimate of drug-likeness (QED) is 0.233. The molecule has 3 aromatic carbocycles. The first kappa shape index (κ1) is 29.3. The summed E-state index contributed by atoms with van der Waals surface area (Å²) in [6, 6.07) is 22.4. The number of benzene rings is 3. The van der Waals surface area contributed by atoms with E-state index in [0.717, 1.165) is 48.8 Å². The first-order valence-corrected chi connectivity index (χ1v) is 16.2. The fourth-order valence-corrected chi connectivity index (χ4v) is 7.48. The Bertz CT molecular complexity index is 1600. The highest BCUT2D eigenvalue weighted by Gasteiger charge is 2.43. The Balaban J connectivity index is 1.30. The van der Waals surface area contributed by atoms with Gasteiger partial charge < -0.3 is 5.11 Å². The van der Waals surface area contributed by atoms with Gasteiger partial charge in [-0.25, -0.2) is 0 Å². The average molecular weight is 568 g/mol. The number of hydrogen-bond acceptors (Lipinski definition) is 2. The number of fused-ring (bicyclic) bond motifs is 3. The summed E-state index contributed by atoms with van der Waals surface area (Å²) >= 11 is 0. The fourth-order valence-electron chi connectivity index (χ4n) is 7.48. The molecule has 1 unspecified atom stereocenters. The van der Waals surface area contributed by atoms with E-state index in [4.69, 9.17) is 4.99 Å². The van der Waals surface area contributed by atoms with E-state index in [0.29, 0.717) is 17.7 Å². The number of rotatable bonds is 6. The Morgan fingerprint density at radius 1 is 0.907 bits per heavy atom.